The highest BCUT2D eigenvalue weighted by atomic mass is 16.7. The third kappa shape index (κ3) is 2.30. The SMILES string of the molecule is Cc1ccc(C[C@H](N)B2O[C@@H]3CC4C[C@@H](C4(C)C)[C@]3(C)O2)cc1. The molecule has 0 radical (unpaired) electrons. The third-order valence-corrected chi connectivity index (χ3v) is 6.91. The highest BCUT2D eigenvalue weighted by Crippen LogP contribution is 2.65. The van der Waals surface area contributed by atoms with Crippen molar-refractivity contribution >= 4 is 7.12 Å². The molecule has 23 heavy (non-hydrogen) atoms. The van der Waals surface area contributed by atoms with Crippen LogP contribution in [0.25, 0.3) is 0 Å². The van der Waals surface area contributed by atoms with Gasteiger partial charge in [0.25, 0.3) is 0 Å². The lowest BCUT2D eigenvalue weighted by atomic mass is 9.43. The smallest absolute Gasteiger partial charge is 0.404 e. The van der Waals surface area contributed by atoms with Gasteiger partial charge in [0, 0.05) is 5.94 Å². The molecule has 0 spiro atoms. The van der Waals surface area contributed by atoms with E-state index < -0.39 is 0 Å². The van der Waals surface area contributed by atoms with Gasteiger partial charge in [0.05, 0.1) is 11.7 Å². The van der Waals surface area contributed by atoms with Gasteiger partial charge < -0.3 is 15.0 Å². The zero-order chi connectivity index (χ0) is 16.4. The molecule has 0 amide bonds. The minimum Gasteiger partial charge on any atom is -0.404 e. The molecule has 3 aliphatic carbocycles. The molecular weight excluding hydrogens is 285 g/mol. The van der Waals surface area contributed by atoms with Gasteiger partial charge in [-0.05, 0) is 55.9 Å². The maximum atomic E-state index is 6.45. The summed E-state index contributed by atoms with van der Waals surface area (Å²) >= 11 is 0. The first-order valence-electron chi connectivity index (χ1n) is 8.95. The molecule has 3 nitrogen and oxygen atoms in total. The summed E-state index contributed by atoms with van der Waals surface area (Å²) in [4.78, 5) is 0. The van der Waals surface area contributed by atoms with Crippen LogP contribution in [0.2, 0.25) is 0 Å². The van der Waals surface area contributed by atoms with E-state index in [1.54, 1.807) is 0 Å². The summed E-state index contributed by atoms with van der Waals surface area (Å²) in [6.45, 7) is 9.12. The highest BCUT2D eigenvalue weighted by molar-refractivity contribution is 6.47. The minimum atomic E-state index is -0.276. The summed E-state index contributed by atoms with van der Waals surface area (Å²) in [6.07, 6.45) is 3.41. The van der Waals surface area contributed by atoms with E-state index in [9.17, 15) is 0 Å². The van der Waals surface area contributed by atoms with E-state index >= 15 is 0 Å². The fourth-order valence-electron chi connectivity index (χ4n) is 5.17. The number of nitrogens with two attached hydrogens (primary N) is 1. The predicted octanol–water partition coefficient (Wildman–Crippen LogP) is 3.13. The van der Waals surface area contributed by atoms with Gasteiger partial charge in [-0.1, -0.05) is 43.7 Å². The molecule has 1 aromatic rings. The molecule has 1 aromatic carbocycles. The van der Waals surface area contributed by atoms with E-state index in [1.165, 1.54) is 17.5 Å². The molecule has 5 atom stereocenters. The number of hydrogen-bond acceptors (Lipinski definition) is 3. The highest BCUT2D eigenvalue weighted by Gasteiger charge is 2.68. The van der Waals surface area contributed by atoms with Crippen LogP contribution in [-0.2, 0) is 15.7 Å². The second-order valence-electron chi connectivity index (χ2n) is 8.69. The average Bonchev–Trinajstić information content (AvgIpc) is 2.86. The maximum Gasteiger partial charge on any atom is 0.475 e. The first-order valence-corrected chi connectivity index (χ1v) is 8.95. The maximum absolute atomic E-state index is 6.45. The van der Waals surface area contributed by atoms with Crippen LogP contribution in [0.3, 0.4) is 0 Å². The van der Waals surface area contributed by atoms with Crippen molar-refractivity contribution in [2.24, 2.45) is 23.0 Å². The Morgan fingerprint density at radius 2 is 1.91 bits per heavy atom. The Morgan fingerprint density at radius 1 is 1.22 bits per heavy atom. The molecule has 0 aromatic heterocycles. The molecule has 1 heterocycles. The molecule has 1 aliphatic heterocycles. The van der Waals surface area contributed by atoms with E-state index in [0.29, 0.717) is 11.3 Å². The van der Waals surface area contributed by atoms with E-state index in [-0.39, 0.29) is 24.8 Å². The minimum absolute atomic E-state index is 0.111. The Kier molecular flexibility index (Phi) is 3.46. The third-order valence-electron chi connectivity index (χ3n) is 6.91. The summed E-state index contributed by atoms with van der Waals surface area (Å²) in [5.74, 6) is 1.26. The van der Waals surface area contributed by atoms with Crippen LogP contribution >= 0.6 is 0 Å². The Labute approximate surface area is 140 Å². The first-order chi connectivity index (χ1) is 10.8. The number of benzene rings is 1. The molecule has 2 N–H and O–H groups in total. The van der Waals surface area contributed by atoms with Crippen molar-refractivity contribution in [3.05, 3.63) is 35.4 Å². The van der Waals surface area contributed by atoms with E-state index in [0.717, 1.165) is 18.8 Å². The van der Waals surface area contributed by atoms with Crippen molar-refractivity contribution < 1.29 is 9.31 Å². The zero-order valence-electron chi connectivity index (χ0n) is 14.7. The van der Waals surface area contributed by atoms with E-state index in [1.807, 2.05) is 0 Å². The quantitative estimate of drug-likeness (QED) is 0.872. The van der Waals surface area contributed by atoms with Gasteiger partial charge in [-0.2, -0.15) is 0 Å². The van der Waals surface area contributed by atoms with Crippen molar-refractivity contribution in [2.75, 3.05) is 0 Å². The summed E-state index contributed by atoms with van der Waals surface area (Å²) < 4.78 is 12.7. The molecular formula is C19H28BNO2. The number of rotatable bonds is 3. The summed E-state index contributed by atoms with van der Waals surface area (Å²) in [6, 6.07) is 8.57. The second-order valence-corrected chi connectivity index (χ2v) is 8.69. The van der Waals surface area contributed by atoms with Crippen LogP contribution in [0.5, 0.6) is 0 Å². The van der Waals surface area contributed by atoms with Crippen LogP contribution in [0, 0.1) is 24.2 Å². The molecule has 124 valence electrons. The summed E-state index contributed by atoms with van der Waals surface area (Å²) in [7, 11) is -0.276. The van der Waals surface area contributed by atoms with Crippen molar-refractivity contribution in [1.29, 1.82) is 0 Å². The molecule has 4 fully saturated rings. The lowest BCUT2D eigenvalue weighted by Gasteiger charge is -2.64. The van der Waals surface area contributed by atoms with Crippen LogP contribution in [0.4, 0.5) is 0 Å². The normalized spacial score (nSPS) is 38.8. The zero-order valence-corrected chi connectivity index (χ0v) is 14.7. The second kappa shape index (κ2) is 5.08. The largest absolute Gasteiger partial charge is 0.475 e. The van der Waals surface area contributed by atoms with Crippen LogP contribution in [0.15, 0.2) is 24.3 Å². The Hall–Kier alpha value is -0.835. The van der Waals surface area contributed by atoms with E-state index in [4.69, 9.17) is 15.0 Å². The van der Waals surface area contributed by atoms with Crippen molar-refractivity contribution in [1.82, 2.24) is 0 Å². The van der Waals surface area contributed by atoms with Crippen molar-refractivity contribution in [2.45, 2.75) is 64.6 Å². The lowest BCUT2D eigenvalue weighted by Crippen LogP contribution is -2.65. The van der Waals surface area contributed by atoms with Crippen LogP contribution in [-0.4, -0.2) is 24.8 Å². The van der Waals surface area contributed by atoms with Gasteiger partial charge in [-0.25, -0.2) is 0 Å². The van der Waals surface area contributed by atoms with Gasteiger partial charge in [-0.15, -0.1) is 0 Å². The monoisotopic (exact) mass is 313 g/mol. The molecule has 4 aliphatic rings. The van der Waals surface area contributed by atoms with Gasteiger partial charge in [0.1, 0.15) is 0 Å². The molecule has 1 saturated heterocycles. The fraction of sp³-hybridized carbons (Fsp3) is 0.684. The Bertz CT molecular complexity index is 602. The molecule has 1 unspecified atom stereocenters. The van der Waals surface area contributed by atoms with Gasteiger partial charge in [0.15, 0.2) is 0 Å². The van der Waals surface area contributed by atoms with Gasteiger partial charge in [-0.3, -0.25) is 0 Å². The number of aryl methyl sites for hydroxylation is 1. The van der Waals surface area contributed by atoms with Crippen molar-refractivity contribution in [3.8, 4) is 0 Å². The first kappa shape index (κ1) is 15.7. The Balaban J connectivity index is 1.47. The number of hydrogen-bond donors (Lipinski definition) is 1. The van der Waals surface area contributed by atoms with Gasteiger partial charge >= 0.3 is 7.12 Å². The molecule has 4 heteroatoms. The topological polar surface area (TPSA) is 44.5 Å². The standard InChI is InChI=1S/C19H28BNO2/c1-12-5-7-13(8-6-12)9-17(21)20-22-16-11-14-10-15(18(14,2)3)19(16,4)23-20/h5-8,14-17H,9-11,21H2,1-4H3/t14?,15-,16+,17-,19-/m0/s1. The molecule has 3 saturated carbocycles. The Morgan fingerprint density at radius 3 is 2.57 bits per heavy atom. The van der Waals surface area contributed by atoms with E-state index in [2.05, 4.69) is 52.0 Å². The molecule has 2 bridgehead atoms. The predicted molar refractivity (Wildman–Crippen MR) is 93.0 cm³/mol. The molecule has 5 rings (SSSR count). The fourth-order valence-corrected chi connectivity index (χ4v) is 5.17. The lowest BCUT2D eigenvalue weighted by molar-refractivity contribution is -0.199. The van der Waals surface area contributed by atoms with Crippen LogP contribution in [0.1, 0.15) is 44.7 Å². The van der Waals surface area contributed by atoms with Crippen LogP contribution < -0.4 is 5.73 Å². The average molecular weight is 313 g/mol. The summed E-state index contributed by atoms with van der Waals surface area (Å²) in [5, 5.41) is 0. The van der Waals surface area contributed by atoms with Gasteiger partial charge in [0.2, 0.25) is 0 Å². The summed E-state index contributed by atoms with van der Waals surface area (Å²) in [5.41, 5.74) is 9.18. The van der Waals surface area contributed by atoms with Crippen molar-refractivity contribution in [3.63, 3.8) is 0 Å².